The Hall–Kier alpha value is -0.160. The lowest BCUT2D eigenvalue weighted by atomic mass is 9.98. The molecular weight excluding hydrogens is 204 g/mol. The Kier molecular flexibility index (Phi) is 5.03. The van der Waals surface area contributed by atoms with Crippen LogP contribution in [0.25, 0.3) is 0 Å². The molecule has 2 saturated heterocycles. The van der Waals surface area contributed by atoms with Crippen molar-refractivity contribution in [2.24, 2.45) is 5.92 Å². The molecule has 1 atom stereocenters. The van der Waals surface area contributed by atoms with Crippen molar-refractivity contribution in [2.45, 2.75) is 25.3 Å². The van der Waals surface area contributed by atoms with Crippen LogP contribution in [0, 0.1) is 5.92 Å². The molecule has 2 rings (SSSR count). The van der Waals surface area contributed by atoms with E-state index in [0.717, 1.165) is 58.7 Å². The fraction of sp³-hybridized carbons (Fsp3) is 1.00. The van der Waals surface area contributed by atoms with Crippen molar-refractivity contribution in [2.75, 3.05) is 46.0 Å². The van der Waals surface area contributed by atoms with Gasteiger partial charge in [-0.1, -0.05) is 0 Å². The number of piperidine rings is 1. The highest BCUT2D eigenvalue weighted by atomic mass is 16.5. The molecule has 2 aliphatic rings. The number of rotatable bonds is 5. The zero-order valence-corrected chi connectivity index (χ0v) is 10.0. The second-order valence-corrected chi connectivity index (χ2v) is 4.98. The highest BCUT2D eigenvalue weighted by Gasteiger charge is 2.19. The number of ether oxygens (including phenoxy) is 1. The van der Waals surface area contributed by atoms with Gasteiger partial charge < -0.3 is 20.1 Å². The number of aliphatic hydroxyl groups excluding tert-OH is 1. The van der Waals surface area contributed by atoms with Crippen LogP contribution in [0.15, 0.2) is 0 Å². The van der Waals surface area contributed by atoms with Crippen LogP contribution in [0.2, 0.25) is 0 Å². The smallest absolute Gasteiger partial charge is 0.0620 e. The highest BCUT2D eigenvalue weighted by molar-refractivity contribution is 4.75. The van der Waals surface area contributed by atoms with Gasteiger partial charge in [0, 0.05) is 32.3 Å². The van der Waals surface area contributed by atoms with E-state index < -0.39 is 0 Å². The Labute approximate surface area is 98.0 Å². The van der Waals surface area contributed by atoms with Gasteiger partial charge in [-0.3, -0.25) is 0 Å². The molecule has 0 aromatic carbocycles. The van der Waals surface area contributed by atoms with Crippen molar-refractivity contribution in [3.8, 4) is 0 Å². The monoisotopic (exact) mass is 228 g/mol. The van der Waals surface area contributed by atoms with Crippen molar-refractivity contribution in [3.63, 3.8) is 0 Å². The van der Waals surface area contributed by atoms with Crippen LogP contribution >= 0.6 is 0 Å². The number of nitrogens with zero attached hydrogens (tertiary/aromatic N) is 1. The molecule has 0 bridgehead atoms. The molecule has 0 radical (unpaired) electrons. The minimum absolute atomic E-state index is 0.367. The van der Waals surface area contributed by atoms with Gasteiger partial charge in [0.05, 0.1) is 6.61 Å². The molecule has 2 fully saturated rings. The largest absolute Gasteiger partial charge is 0.396 e. The maximum absolute atomic E-state index is 9.05. The maximum Gasteiger partial charge on any atom is 0.0620 e. The van der Waals surface area contributed by atoms with E-state index in [1.807, 2.05) is 0 Å². The fourth-order valence-corrected chi connectivity index (χ4v) is 2.51. The van der Waals surface area contributed by atoms with E-state index in [1.165, 1.54) is 0 Å². The number of hydrogen-bond donors (Lipinski definition) is 2. The Morgan fingerprint density at radius 2 is 2.06 bits per heavy atom. The third-order valence-electron chi connectivity index (χ3n) is 3.76. The summed E-state index contributed by atoms with van der Waals surface area (Å²) in [5, 5.41) is 12.6. The van der Waals surface area contributed by atoms with Crippen LogP contribution in [-0.2, 0) is 4.74 Å². The summed E-state index contributed by atoms with van der Waals surface area (Å²) >= 11 is 0. The molecule has 0 aromatic heterocycles. The molecule has 16 heavy (non-hydrogen) atoms. The van der Waals surface area contributed by atoms with Crippen LogP contribution in [0.3, 0.4) is 0 Å². The maximum atomic E-state index is 9.05. The molecule has 0 amide bonds. The number of nitrogens with one attached hydrogen (secondary N) is 1. The standard InChI is InChI=1S/C12H24N2O2/c15-9-11-1-5-14(6-2-11)7-4-13-12-3-8-16-10-12/h11-13,15H,1-10H2. The lowest BCUT2D eigenvalue weighted by Gasteiger charge is -2.31. The molecule has 94 valence electrons. The molecule has 4 heteroatoms. The summed E-state index contributed by atoms with van der Waals surface area (Å²) in [5.41, 5.74) is 0. The lowest BCUT2D eigenvalue weighted by molar-refractivity contribution is 0.131. The molecule has 2 N–H and O–H groups in total. The first-order chi connectivity index (χ1) is 7.88. The van der Waals surface area contributed by atoms with Gasteiger partial charge in [-0.05, 0) is 38.3 Å². The highest BCUT2D eigenvalue weighted by Crippen LogP contribution is 2.15. The molecule has 0 spiro atoms. The topological polar surface area (TPSA) is 44.7 Å². The second-order valence-electron chi connectivity index (χ2n) is 4.98. The van der Waals surface area contributed by atoms with Gasteiger partial charge in [0.25, 0.3) is 0 Å². The summed E-state index contributed by atoms with van der Waals surface area (Å²) < 4.78 is 5.32. The normalized spacial score (nSPS) is 28.7. The number of hydrogen-bond acceptors (Lipinski definition) is 4. The van der Waals surface area contributed by atoms with Gasteiger partial charge in [0.2, 0.25) is 0 Å². The third kappa shape index (κ3) is 3.70. The summed E-state index contributed by atoms with van der Waals surface area (Å²) in [6, 6.07) is 0.579. The van der Waals surface area contributed by atoms with Crippen molar-refractivity contribution >= 4 is 0 Å². The van der Waals surface area contributed by atoms with Gasteiger partial charge in [-0.25, -0.2) is 0 Å². The first-order valence-electron chi connectivity index (χ1n) is 6.53. The Morgan fingerprint density at radius 1 is 1.25 bits per heavy atom. The summed E-state index contributed by atoms with van der Waals surface area (Å²) in [7, 11) is 0. The van der Waals surface area contributed by atoms with Crippen LogP contribution in [0.4, 0.5) is 0 Å². The summed E-state index contributed by atoms with van der Waals surface area (Å²) in [6.07, 6.45) is 3.47. The van der Waals surface area contributed by atoms with Crippen molar-refractivity contribution < 1.29 is 9.84 Å². The Bertz CT molecular complexity index is 187. The third-order valence-corrected chi connectivity index (χ3v) is 3.76. The zero-order chi connectivity index (χ0) is 11.2. The summed E-state index contributed by atoms with van der Waals surface area (Å²) in [6.45, 7) is 6.66. The first-order valence-corrected chi connectivity index (χ1v) is 6.53. The number of aliphatic hydroxyl groups is 1. The van der Waals surface area contributed by atoms with Gasteiger partial charge in [0.1, 0.15) is 0 Å². The average Bonchev–Trinajstić information content (AvgIpc) is 2.83. The molecule has 1 unspecified atom stereocenters. The molecule has 2 heterocycles. The van der Waals surface area contributed by atoms with Crippen LogP contribution in [-0.4, -0.2) is 62.0 Å². The van der Waals surface area contributed by atoms with E-state index in [9.17, 15) is 0 Å². The molecule has 0 aliphatic carbocycles. The van der Waals surface area contributed by atoms with Gasteiger partial charge in [-0.2, -0.15) is 0 Å². The average molecular weight is 228 g/mol. The van der Waals surface area contributed by atoms with Crippen LogP contribution in [0.1, 0.15) is 19.3 Å². The predicted molar refractivity (Wildman–Crippen MR) is 63.5 cm³/mol. The Morgan fingerprint density at radius 3 is 2.69 bits per heavy atom. The van der Waals surface area contributed by atoms with E-state index in [0.29, 0.717) is 18.6 Å². The Balaban J connectivity index is 1.53. The van der Waals surface area contributed by atoms with Crippen molar-refractivity contribution in [1.82, 2.24) is 10.2 Å². The molecule has 0 aromatic rings. The molecular formula is C12H24N2O2. The van der Waals surface area contributed by atoms with Crippen molar-refractivity contribution in [3.05, 3.63) is 0 Å². The molecule has 2 aliphatic heterocycles. The number of likely N-dealkylation sites (tertiary alicyclic amines) is 1. The van der Waals surface area contributed by atoms with Crippen molar-refractivity contribution in [1.29, 1.82) is 0 Å². The summed E-state index contributed by atoms with van der Waals surface area (Å²) in [5.74, 6) is 0.549. The van der Waals surface area contributed by atoms with E-state index in [4.69, 9.17) is 9.84 Å². The molecule has 4 nitrogen and oxygen atoms in total. The van der Waals surface area contributed by atoms with E-state index in [2.05, 4.69) is 10.2 Å². The minimum atomic E-state index is 0.367. The van der Waals surface area contributed by atoms with E-state index in [1.54, 1.807) is 0 Å². The van der Waals surface area contributed by atoms with Gasteiger partial charge >= 0.3 is 0 Å². The quantitative estimate of drug-likeness (QED) is 0.699. The van der Waals surface area contributed by atoms with Crippen LogP contribution in [0.5, 0.6) is 0 Å². The van der Waals surface area contributed by atoms with E-state index >= 15 is 0 Å². The minimum Gasteiger partial charge on any atom is -0.396 e. The zero-order valence-electron chi connectivity index (χ0n) is 10.0. The lowest BCUT2D eigenvalue weighted by Crippen LogP contribution is -2.41. The molecule has 0 saturated carbocycles. The van der Waals surface area contributed by atoms with Gasteiger partial charge in [0.15, 0.2) is 0 Å². The fourth-order valence-electron chi connectivity index (χ4n) is 2.51. The van der Waals surface area contributed by atoms with Gasteiger partial charge in [-0.15, -0.1) is 0 Å². The second kappa shape index (κ2) is 6.55. The van der Waals surface area contributed by atoms with E-state index in [-0.39, 0.29) is 0 Å². The summed E-state index contributed by atoms with van der Waals surface area (Å²) in [4.78, 5) is 2.50. The predicted octanol–water partition coefficient (Wildman–Crippen LogP) is 0.0692. The van der Waals surface area contributed by atoms with Crippen LogP contribution < -0.4 is 5.32 Å². The SMILES string of the molecule is OCC1CCN(CCNC2CCOC2)CC1. The first kappa shape index (κ1) is 12.3.